The summed E-state index contributed by atoms with van der Waals surface area (Å²) in [5.41, 5.74) is 1.40. The number of piperidine rings is 1. The van der Waals surface area contributed by atoms with E-state index in [9.17, 15) is 4.79 Å². The molecule has 1 aromatic carbocycles. The lowest BCUT2D eigenvalue weighted by Crippen LogP contribution is -2.46. The van der Waals surface area contributed by atoms with Gasteiger partial charge in [0.15, 0.2) is 5.96 Å². The Bertz CT molecular complexity index is 549. The van der Waals surface area contributed by atoms with Gasteiger partial charge in [0.05, 0.1) is 13.1 Å². The van der Waals surface area contributed by atoms with Crippen LogP contribution in [0.2, 0.25) is 0 Å². The van der Waals surface area contributed by atoms with Crippen molar-refractivity contribution in [3.8, 4) is 0 Å². The molecule has 1 N–H and O–H groups in total. The van der Waals surface area contributed by atoms with Crippen LogP contribution < -0.4 is 5.32 Å². The Kier molecular flexibility index (Phi) is 5.16. The van der Waals surface area contributed by atoms with E-state index >= 15 is 0 Å². The Morgan fingerprint density at radius 1 is 1.22 bits per heavy atom. The van der Waals surface area contributed by atoms with Crippen LogP contribution in [0.25, 0.3) is 0 Å². The van der Waals surface area contributed by atoms with E-state index in [0.717, 1.165) is 51.4 Å². The largest absolute Gasteiger partial charge is 0.347 e. The lowest BCUT2D eigenvalue weighted by Gasteiger charge is -2.32. The van der Waals surface area contributed by atoms with Gasteiger partial charge in [0, 0.05) is 26.7 Å². The minimum atomic E-state index is 0.186. The highest BCUT2D eigenvalue weighted by atomic mass is 16.2. The lowest BCUT2D eigenvalue weighted by molar-refractivity contribution is -0.131. The molecule has 0 bridgehead atoms. The average Bonchev–Trinajstić information content (AvgIpc) is 2.99. The number of likely N-dealkylation sites (tertiary alicyclic amines) is 1. The number of guanidine groups is 1. The van der Waals surface area contributed by atoms with Crippen molar-refractivity contribution in [2.75, 3.05) is 39.8 Å². The summed E-state index contributed by atoms with van der Waals surface area (Å²) in [6.07, 6.45) is 3.33. The molecule has 1 amide bonds. The number of nitrogens with one attached hydrogen (secondary N) is 1. The summed E-state index contributed by atoms with van der Waals surface area (Å²) in [7, 11) is 2.00. The van der Waals surface area contributed by atoms with E-state index < -0.39 is 0 Å². The summed E-state index contributed by atoms with van der Waals surface area (Å²) in [4.78, 5) is 20.7. The molecule has 23 heavy (non-hydrogen) atoms. The lowest BCUT2D eigenvalue weighted by atomic mass is 9.90. The van der Waals surface area contributed by atoms with Crippen molar-refractivity contribution in [3.63, 3.8) is 0 Å². The van der Waals surface area contributed by atoms with Gasteiger partial charge < -0.3 is 15.1 Å². The third kappa shape index (κ3) is 4.24. The smallest absolute Gasteiger partial charge is 0.241 e. The molecule has 2 aliphatic rings. The van der Waals surface area contributed by atoms with Crippen molar-refractivity contribution in [2.45, 2.75) is 19.3 Å². The summed E-state index contributed by atoms with van der Waals surface area (Å²) in [6, 6.07) is 10.6. The molecule has 1 saturated heterocycles. The van der Waals surface area contributed by atoms with Crippen LogP contribution in [0.5, 0.6) is 0 Å². The number of benzene rings is 1. The highest BCUT2D eigenvalue weighted by Crippen LogP contribution is 2.21. The molecule has 124 valence electrons. The number of amides is 1. The van der Waals surface area contributed by atoms with Crippen molar-refractivity contribution in [3.05, 3.63) is 35.9 Å². The second-order valence-electron chi connectivity index (χ2n) is 6.49. The van der Waals surface area contributed by atoms with Crippen molar-refractivity contribution >= 4 is 11.9 Å². The van der Waals surface area contributed by atoms with Crippen LogP contribution in [0.1, 0.15) is 18.4 Å². The van der Waals surface area contributed by atoms with E-state index in [4.69, 9.17) is 0 Å². The second-order valence-corrected chi connectivity index (χ2v) is 6.49. The quantitative estimate of drug-likeness (QED) is 0.913. The van der Waals surface area contributed by atoms with Crippen LogP contribution in [-0.2, 0) is 11.2 Å². The van der Waals surface area contributed by atoms with Crippen LogP contribution in [0.3, 0.4) is 0 Å². The molecule has 5 heteroatoms. The van der Waals surface area contributed by atoms with Crippen LogP contribution in [-0.4, -0.2) is 61.4 Å². The molecule has 0 saturated carbocycles. The number of hydrogen-bond acceptors (Lipinski definition) is 4. The molecule has 0 radical (unpaired) electrons. The van der Waals surface area contributed by atoms with Gasteiger partial charge in [-0.25, -0.2) is 0 Å². The number of carbonyl (C=O) groups excluding carboxylic acids is 1. The standard InChI is InChI=1S/C18H26N4O/c1-21-12-9-19-18(21)20-14-17(23)22-10-7-16(8-11-22)13-15-5-3-2-4-6-15/h2-6,16H,7-14H2,1H3,(H,19,20). The van der Waals surface area contributed by atoms with Gasteiger partial charge in [-0.1, -0.05) is 30.3 Å². The summed E-state index contributed by atoms with van der Waals surface area (Å²) >= 11 is 0. The van der Waals surface area contributed by atoms with Gasteiger partial charge in [0.25, 0.3) is 0 Å². The number of nitrogens with zero attached hydrogens (tertiary/aromatic N) is 3. The van der Waals surface area contributed by atoms with E-state index in [1.54, 1.807) is 0 Å². The first kappa shape index (κ1) is 15.8. The molecule has 2 heterocycles. The van der Waals surface area contributed by atoms with Gasteiger partial charge in [0.2, 0.25) is 5.91 Å². The first-order valence-electron chi connectivity index (χ1n) is 8.53. The Morgan fingerprint density at radius 3 is 2.61 bits per heavy atom. The highest BCUT2D eigenvalue weighted by molar-refractivity contribution is 5.87. The molecule has 0 atom stereocenters. The van der Waals surface area contributed by atoms with Crippen LogP contribution >= 0.6 is 0 Å². The van der Waals surface area contributed by atoms with Crippen LogP contribution in [0.15, 0.2) is 35.3 Å². The zero-order valence-electron chi connectivity index (χ0n) is 13.9. The molecule has 0 unspecified atom stereocenters. The molecule has 5 nitrogen and oxygen atoms in total. The van der Waals surface area contributed by atoms with Crippen LogP contribution in [0, 0.1) is 5.92 Å². The maximum atomic E-state index is 12.3. The van der Waals surface area contributed by atoms with Crippen LogP contribution in [0.4, 0.5) is 0 Å². The van der Waals surface area contributed by atoms with Gasteiger partial charge in [0.1, 0.15) is 0 Å². The maximum Gasteiger partial charge on any atom is 0.241 e. The monoisotopic (exact) mass is 314 g/mol. The topological polar surface area (TPSA) is 47.9 Å². The number of carbonyl (C=O) groups is 1. The summed E-state index contributed by atoms with van der Waals surface area (Å²) in [5.74, 6) is 1.73. The van der Waals surface area contributed by atoms with E-state index in [1.807, 2.05) is 11.9 Å². The van der Waals surface area contributed by atoms with E-state index in [2.05, 4.69) is 45.5 Å². The molecule has 1 fully saturated rings. The predicted octanol–water partition coefficient (Wildman–Crippen LogP) is 1.36. The Balaban J connectivity index is 1.40. The molecule has 2 aliphatic heterocycles. The molecule has 1 aromatic rings. The van der Waals surface area contributed by atoms with Crippen molar-refractivity contribution in [1.82, 2.24) is 15.1 Å². The molecular formula is C18H26N4O. The Morgan fingerprint density at radius 2 is 1.96 bits per heavy atom. The Hall–Kier alpha value is -2.04. The first-order chi connectivity index (χ1) is 11.2. The summed E-state index contributed by atoms with van der Waals surface area (Å²) in [5, 5.41) is 3.16. The third-order valence-electron chi connectivity index (χ3n) is 4.79. The SMILES string of the molecule is CN1CCN=C1NCC(=O)N1CCC(Cc2ccccc2)CC1. The minimum absolute atomic E-state index is 0.186. The zero-order chi connectivity index (χ0) is 16.1. The third-order valence-corrected chi connectivity index (χ3v) is 4.79. The number of hydrogen-bond donors (Lipinski definition) is 1. The molecular weight excluding hydrogens is 288 g/mol. The fourth-order valence-electron chi connectivity index (χ4n) is 3.32. The molecule has 0 aliphatic carbocycles. The van der Waals surface area contributed by atoms with Crippen molar-refractivity contribution in [1.29, 1.82) is 0 Å². The number of aliphatic imine (C=N–C) groups is 1. The second kappa shape index (κ2) is 7.49. The van der Waals surface area contributed by atoms with Gasteiger partial charge in [-0.15, -0.1) is 0 Å². The fraction of sp³-hybridized carbons (Fsp3) is 0.556. The maximum absolute atomic E-state index is 12.3. The molecule has 3 rings (SSSR count). The predicted molar refractivity (Wildman–Crippen MR) is 92.4 cm³/mol. The number of rotatable bonds is 4. The first-order valence-corrected chi connectivity index (χ1v) is 8.53. The highest BCUT2D eigenvalue weighted by Gasteiger charge is 2.23. The summed E-state index contributed by atoms with van der Waals surface area (Å²) in [6.45, 7) is 3.85. The minimum Gasteiger partial charge on any atom is -0.347 e. The van der Waals surface area contributed by atoms with Gasteiger partial charge >= 0.3 is 0 Å². The number of likely N-dealkylation sites (N-methyl/N-ethyl adjacent to an activating group) is 1. The van der Waals surface area contributed by atoms with Crippen molar-refractivity contribution < 1.29 is 4.79 Å². The van der Waals surface area contributed by atoms with E-state index in [1.165, 1.54) is 5.56 Å². The molecule has 0 aromatic heterocycles. The molecule has 0 spiro atoms. The Labute approximate surface area is 138 Å². The average molecular weight is 314 g/mol. The zero-order valence-corrected chi connectivity index (χ0v) is 13.9. The van der Waals surface area contributed by atoms with Gasteiger partial charge in [-0.3, -0.25) is 9.79 Å². The van der Waals surface area contributed by atoms with Crippen molar-refractivity contribution in [2.24, 2.45) is 10.9 Å². The normalized spacial score (nSPS) is 18.9. The van der Waals surface area contributed by atoms with Gasteiger partial charge in [-0.05, 0) is 30.7 Å². The van der Waals surface area contributed by atoms with Gasteiger partial charge in [-0.2, -0.15) is 0 Å². The summed E-state index contributed by atoms with van der Waals surface area (Å²) < 4.78 is 0. The fourth-order valence-corrected chi connectivity index (χ4v) is 3.32. The van der Waals surface area contributed by atoms with E-state index in [-0.39, 0.29) is 5.91 Å². The van der Waals surface area contributed by atoms with E-state index in [0.29, 0.717) is 12.5 Å².